The average Bonchev–Trinajstić information content (AvgIpc) is 2.61. The number of hydrogen-bond donors (Lipinski definition) is 0. The van der Waals surface area contributed by atoms with Gasteiger partial charge in [0.05, 0.1) is 7.11 Å². The molecule has 2 aromatic carbocycles. The smallest absolute Gasteiger partial charge is 0.119 e. The number of piperidine rings is 1. The third-order valence-corrected chi connectivity index (χ3v) is 6.56. The summed E-state index contributed by atoms with van der Waals surface area (Å²) < 4.78 is 5.49. The van der Waals surface area contributed by atoms with Gasteiger partial charge in [-0.05, 0) is 59.5 Å². The van der Waals surface area contributed by atoms with Gasteiger partial charge >= 0.3 is 0 Å². The van der Waals surface area contributed by atoms with Crippen molar-refractivity contribution in [3.05, 3.63) is 65.2 Å². The minimum atomic E-state index is 0.264. The molecule has 2 aromatic rings. The van der Waals surface area contributed by atoms with E-state index in [0.29, 0.717) is 12.0 Å². The molecule has 1 aliphatic heterocycles. The zero-order valence-corrected chi connectivity index (χ0v) is 15.0. The standard InChI is InChI=1S/C22H27NO/c1-16-21-13-18-9-10-19(24-3)14-20(18)22(16,2)11-12-23(21)15-17-7-5-4-6-8-17/h4-10,14,16,21H,11-13,15H2,1-3H3/t16-,21+,22+/m0/s1. The maximum absolute atomic E-state index is 5.49. The van der Waals surface area contributed by atoms with Crippen LogP contribution >= 0.6 is 0 Å². The van der Waals surface area contributed by atoms with Crippen LogP contribution in [0.4, 0.5) is 0 Å². The second-order valence-electron chi connectivity index (χ2n) is 7.71. The van der Waals surface area contributed by atoms with E-state index >= 15 is 0 Å². The van der Waals surface area contributed by atoms with Crippen molar-refractivity contribution in [2.24, 2.45) is 5.92 Å². The molecule has 24 heavy (non-hydrogen) atoms. The van der Waals surface area contributed by atoms with Crippen molar-refractivity contribution < 1.29 is 4.74 Å². The summed E-state index contributed by atoms with van der Waals surface area (Å²) in [6.45, 7) is 7.15. The molecule has 1 saturated heterocycles. The number of benzene rings is 2. The van der Waals surface area contributed by atoms with Crippen LogP contribution in [0, 0.1) is 5.92 Å². The zero-order valence-electron chi connectivity index (χ0n) is 15.0. The molecule has 126 valence electrons. The Kier molecular flexibility index (Phi) is 3.88. The van der Waals surface area contributed by atoms with E-state index in [1.54, 1.807) is 7.11 Å². The lowest BCUT2D eigenvalue weighted by Gasteiger charge is -2.54. The molecular formula is C22H27NO. The lowest BCUT2D eigenvalue weighted by Crippen LogP contribution is -2.57. The van der Waals surface area contributed by atoms with Crippen LogP contribution in [0.15, 0.2) is 48.5 Å². The van der Waals surface area contributed by atoms with Gasteiger partial charge < -0.3 is 4.74 Å². The SMILES string of the molecule is COc1ccc2c(c1)[C@]1(C)CCN(Cc3ccccc3)[C@H](C2)[C@@H]1C. The predicted molar refractivity (Wildman–Crippen MR) is 98.5 cm³/mol. The van der Waals surface area contributed by atoms with Gasteiger partial charge in [-0.15, -0.1) is 0 Å². The molecule has 3 atom stereocenters. The summed E-state index contributed by atoms with van der Waals surface area (Å²) in [4.78, 5) is 2.70. The Morgan fingerprint density at radius 1 is 1.17 bits per heavy atom. The highest BCUT2D eigenvalue weighted by molar-refractivity contribution is 5.44. The van der Waals surface area contributed by atoms with E-state index in [1.165, 1.54) is 29.7 Å². The van der Waals surface area contributed by atoms with E-state index in [-0.39, 0.29) is 5.41 Å². The molecule has 0 amide bonds. The minimum absolute atomic E-state index is 0.264. The average molecular weight is 321 g/mol. The van der Waals surface area contributed by atoms with Gasteiger partial charge in [-0.25, -0.2) is 0 Å². The zero-order chi connectivity index (χ0) is 16.7. The van der Waals surface area contributed by atoms with Gasteiger partial charge in [0.2, 0.25) is 0 Å². The van der Waals surface area contributed by atoms with Gasteiger partial charge in [0.15, 0.2) is 0 Å². The number of ether oxygens (including phenoxy) is 1. The first-order chi connectivity index (χ1) is 11.6. The molecule has 0 aromatic heterocycles. The summed E-state index contributed by atoms with van der Waals surface area (Å²) in [6, 6.07) is 18.2. The summed E-state index contributed by atoms with van der Waals surface area (Å²) in [7, 11) is 1.77. The van der Waals surface area contributed by atoms with E-state index in [0.717, 1.165) is 18.7 Å². The molecule has 2 nitrogen and oxygen atoms in total. The molecule has 4 rings (SSSR count). The maximum atomic E-state index is 5.49. The Balaban J connectivity index is 1.66. The normalized spacial score (nSPS) is 29.1. The second kappa shape index (κ2) is 5.93. The van der Waals surface area contributed by atoms with Crippen LogP contribution in [0.25, 0.3) is 0 Å². The predicted octanol–water partition coefficient (Wildman–Crippen LogP) is 4.42. The van der Waals surface area contributed by atoms with Crippen molar-refractivity contribution in [1.29, 1.82) is 0 Å². The Morgan fingerprint density at radius 2 is 1.96 bits per heavy atom. The quantitative estimate of drug-likeness (QED) is 0.830. The van der Waals surface area contributed by atoms with Crippen LogP contribution in [0.5, 0.6) is 5.75 Å². The largest absolute Gasteiger partial charge is 0.497 e. The van der Waals surface area contributed by atoms with Crippen molar-refractivity contribution in [2.75, 3.05) is 13.7 Å². The second-order valence-corrected chi connectivity index (χ2v) is 7.71. The molecule has 2 bridgehead atoms. The highest BCUT2D eigenvalue weighted by Gasteiger charge is 2.48. The number of hydrogen-bond acceptors (Lipinski definition) is 2. The molecule has 0 radical (unpaired) electrons. The molecule has 0 saturated carbocycles. The molecular weight excluding hydrogens is 294 g/mol. The van der Waals surface area contributed by atoms with Gasteiger partial charge in [0.1, 0.15) is 5.75 Å². The summed E-state index contributed by atoms with van der Waals surface area (Å²) in [6.07, 6.45) is 2.38. The molecule has 0 spiro atoms. The molecule has 1 aliphatic carbocycles. The Hall–Kier alpha value is -1.80. The number of rotatable bonds is 3. The highest BCUT2D eigenvalue weighted by atomic mass is 16.5. The number of methoxy groups -OCH3 is 1. The molecule has 2 heteroatoms. The van der Waals surface area contributed by atoms with Crippen molar-refractivity contribution in [3.63, 3.8) is 0 Å². The van der Waals surface area contributed by atoms with Crippen LogP contribution in [-0.4, -0.2) is 24.6 Å². The van der Waals surface area contributed by atoms with Gasteiger partial charge in [0.25, 0.3) is 0 Å². The number of nitrogens with zero attached hydrogens (tertiary/aromatic N) is 1. The third-order valence-electron chi connectivity index (χ3n) is 6.56. The minimum Gasteiger partial charge on any atom is -0.497 e. The lowest BCUT2D eigenvalue weighted by atomic mass is 9.59. The Labute approximate surface area is 145 Å². The van der Waals surface area contributed by atoms with Crippen molar-refractivity contribution >= 4 is 0 Å². The first-order valence-corrected chi connectivity index (χ1v) is 9.07. The van der Waals surface area contributed by atoms with Gasteiger partial charge in [-0.2, -0.15) is 0 Å². The van der Waals surface area contributed by atoms with Crippen molar-refractivity contribution in [1.82, 2.24) is 4.90 Å². The van der Waals surface area contributed by atoms with Crippen molar-refractivity contribution in [2.45, 2.75) is 44.7 Å². The summed E-state index contributed by atoms with van der Waals surface area (Å²) in [5.74, 6) is 1.65. The van der Waals surface area contributed by atoms with Gasteiger partial charge in [-0.3, -0.25) is 4.90 Å². The van der Waals surface area contributed by atoms with Crippen LogP contribution in [0.1, 0.15) is 37.0 Å². The fourth-order valence-corrected chi connectivity index (χ4v) is 4.83. The van der Waals surface area contributed by atoms with Crippen LogP contribution in [0.3, 0.4) is 0 Å². The maximum Gasteiger partial charge on any atom is 0.119 e. The summed E-state index contributed by atoms with van der Waals surface area (Å²) in [5.41, 5.74) is 4.72. The van der Waals surface area contributed by atoms with E-state index in [4.69, 9.17) is 4.74 Å². The van der Waals surface area contributed by atoms with Crippen LogP contribution in [-0.2, 0) is 18.4 Å². The monoisotopic (exact) mass is 321 g/mol. The molecule has 0 N–H and O–H groups in total. The van der Waals surface area contributed by atoms with Gasteiger partial charge in [-0.1, -0.05) is 50.2 Å². The van der Waals surface area contributed by atoms with Crippen molar-refractivity contribution in [3.8, 4) is 5.75 Å². The number of likely N-dealkylation sites (tertiary alicyclic amines) is 1. The number of fused-ring (bicyclic) bond motifs is 4. The molecule has 1 fully saturated rings. The van der Waals surface area contributed by atoms with E-state index in [9.17, 15) is 0 Å². The Morgan fingerprint density at radius 3 is 2.71 bits per heavy atom. The van der Waals surface area contributed by atoms with Crippen LogP contribution < -0.4 is 4.74 Å². The fourth-order valence-electron chi connectivity index (χ4n) is 4.83. The summed E-state index contributed by atoms with van der Waals surface area (Å²) >= 11 is 0. The van der Waals surface area contributed by atoms with Crippen LogP contribution in [0.2, 0.25) is 0 Å². The highest BCUT2D eigenvalue weighted by Crippen LogP contribution is 2.49. The first kappa shape index (κ1) is 15.7. The fraction of sp³-hybridized carbons (Fsp3) is 0.455. The molecule has 0 unspecified atom stereocenters. The summed E-state index contributed by atoms with van der Waals surface area (Å²) in [5, 5.41) is 0. The van der Waals surface area contributed by atoms with E-state index in [2.05, 4.69) is 67.3 Å². The van der Waals surface area contributed by atoms with Gasteiger partial charge in [0, 0.05) is 12.6 Å². The van der Waals surface area contributed by atoms with E-state index in [1.807, 2.05) is 0 Å². The molecule has 1 heterocycles. The molecule has 2 aliphatic rings. The Bertz CT molecular complexity index is 726. The first-order valence-electron chi connectivity index (χ1n) is 9.07. The third kappa shape index (κ3) is 2.44. The van der Waals surface area contributed by atoms with E-state index < -0.39 is 0 Å². The lowest BCUT2D eigenvalue weighted by molar-refractivity contribution is 0.0258. The topological polar surface area (TPSA) is 12.5 Å².